The number of ether oxygens (including phenoxy) is 2. The van der Waals surface area contributed by atoms with Crippen molar-refractivity contribution in [3.05, 3.63) is 0 Å². The van der Waals surface area contributed by atoms with Crippen LogP contribution in [0.5, 0.6) is 0 Å². The molecule has 2 aliphatic heterocycles. The molecule has 28 heavy (non-hydrogen) atoms. The average Bonchev–Trinajstić information content (AvgIpc) is 2.73. The maximum Gasteiger partial charge on any atom is 0.302 e. The smallest absolute Gasteiger partial charge is 0.302 e. The lowest BCUT2D eigenvalue weighted by Crippen LogP contribution is -2.45. The maximum atomic E-state index is 11.2. The second kappa shape index (κ2) is 11.7. The monoisotopic (exact) mass is 398 g/mol. The van der Waals surface area contributed by atoms with Gasteiger partial charge in [-0.15, -0.1) is 0 Å². The van der Waals surface area contributed by atoms with Gasteiger partial charge in [-0.2, -0.15) is 0 Å². The van der Waals surface area contributed by atoms with E-state index in [2.05, 4.69) is 19.6 Å². The first-order valence-electron chi connectivity index (χ1n) is 10.6. The number of rotatable bonds is 6. The van der Waals surface area contributed by atoms with Gasteiger partial charge >= 0.3 is 11.9 Å². The highest BCUT2D eigenvalue weighted by Crippen LogP contribution is 2.07. The summed E-state index contributed by atoms with van der Waals surface area (Å²) < 4.78 is 10.6. The number of hydrogen-bond acceptors (Lipinski definition) is 8. The Morgan fingerprint density at radius 1 is 0.643 bits per heavy atom. The normalized spacial score (nSPS) is 27.3. The molecule has 0 aromatic heterocycles. The van der Waals surface area contributed by atoms with Crippen LogP contribution >= 0.6 is 0 Å². The van der Waals surface area contributed by atoms with E-state index in [0.29, 0.717) is 0 Å². The molecule has 162 valence electrons. The van der Waals surface area contributed by atoms with Gasteiger partial charge in [-0.1, -0.05) is 0 Å². The molecule has 2 unspecified atom stereocenters. The molecule has 0 aliphatic carbocycles. The lowest BCUT2D eigenvalue weighted by molar-refractivity contribution is -0.147. The molecule has 2 aliphatic rings. The quantitative estimate of drug-likeness (QED) is 0.585. The van der Waals surface area contributed by atoms with Crippen molar-refractivity contribution in [2.24, 2.45) is 0 Å². The third-order valence-corrected chi connectivity index (χ3v) is 5.43. The molecule has 0 spiro atoms. The number of carbonyl (C=O) groups excluding carboxylic acids is 2. The maximum absolute atomic E-state index is 11.2. The fourth-order valence-corrected chi connectivity index (χ4v) is 4.04. The molecule has 0 N–H and O–H groups in total. The van der Waals surface area contributed by atoms with Crippen LogP contribution in [0.4, 0.5) is 0 Å². The minimum Gasteiger partial charge on any atom is -0.461 e. The molecule has 2 atom stereocenters. The van der Waals surface area contributed by atoms with E-state index in [4.69, 9.17) is 9.47 Å². The first-order valence-corrected chi connectivity index (χ1v) is 10.6. The summed E-state index contributed by atoms with van der Waals surface area (Å²) in [5.74, 6) is -0.421. The van der Waals surface area contributed by atoms with Crippen molar-refractivity contribution >= 4 is 11.9 Å². The van der Waals surface area contributed by atoms with Crippen LogP contribution in [0.2, 0.25) is 0 Å². The summed E-state index contributed by atoms with van der Waals surface area (Å²) in [6.07, 6.45) is -0.155. The van der Waals surface area contributed by atoms with E-state index in [1.165, 1.54) is 13.8 Å². The number of esters is 2. The van der Waals surface area contributed by atoms with Crippen LogP contribution in [0, 0.1) is 0 Å². The van der Waals surface area contributed by atoms with Crippen LogP contribution in [-0.2, 0) is 19.1 Å². The predicted molar refractivity (Wildman–Crippen MR) is 108 cm³/mol. The Balaban J connectivity index is 1.91. The van der Waals surface area contributed by atoms with Crippen molar-refractivity contribution in [3.8, 4) is 0 Å². The van der Waals surface area contributed by atoms with Crippen LogP contribution in [0.15, 0.2) is 0 Å². The molecule has 0 amide bonds. The highest BCUT2D eigenvalue weighted by atomic mass is 16.5. The van der Waals surface area contributed by atoms with E-state index in [9.17, 15) is 9.59 Å². The zero-order chi connectivity index (χ0) is 20.5. The molecule has 2 fully saturated rings. The molecule has 0 saturated carbocycles. The Morgan fingerprint density at radius 3 is 1.21 bits per heavy atom. The molecule has 2 bridgehead atoms. The largest absolute Gasteiger partial charge is 0.461 e. The van der Waals surface area contributed by atoms with E-state index < -0.39 is 0 Å². The summed E-state index contributed by atoms with van der Waals surface area (Å²) >= 11 is 0. The summed E-state index contributed by atoms with van der Waals surface area (Å²) in [7, 11) is 0. The molecule has 8 heteroatoms. The van der Waals surface area contributed by atoms with Crippen LogP contribution in [0.25, 0.3) is 0 Å². The minimum atomic E-state index is -0.211. The van der Waals surface area contributed by atoms with Gasteiger partial charge in [0.1, 0.15) is 12.2 Å². The van der Waals surface area contributed by atoms with Crippen molar-refractivity contribution in [2.45, 2.75) is 39.9 Å². The average molecular weight is 399 g/mol. The second-order valence-electron chi connectivity index (χ2n) is 8.12. The van der Waals surface area contributed by atoms with Gasteiger partial charge in [-0.05, 0) is 13.8 Å². The highest BCUT2D eigenvalue weighted by molar-refractivity contribution is 5.66. The van der Waals surface area contributed by atoms with Crippen LogP contribution in [0.1, 0.15) is 27.7 Å². The van der Waals surface area contributed by atoms with Crippen molar-refractivity contribution in [1.82, 2.24) is 19.6 Å². The van der Waals surface area contributed by atoms with Crippen molar-refractivity contribution in [1.29, 1.82) is 0 Å². The van der Waals surface area contributed by atoms with Gasteiger partial charge in [0.25, 0.3) is 0 Å². The molecular formula is C20H38N4O4. The first-order chi connectivity index (χ1) is 13.3. The summed E-state index contributed by atoms with van der Waals surface area (Å²) in [5.41, 5.74) is 0. The molecule has 0 aromatic carbocycles. The van der Waals surface area contributed by atoms with E-state index in [1.54, 1.807) is 0 Å². The number of fused-ring (bicyclic) bond motifs is 3. The summed E-state index contributed by atoms with van der Waals surface area (Å²) in [4.78, 5) is 32.3. The Kier molecular flexibility index (Phi) is 9.64. The topological polar surface area (TPSA) is 65.6 Å². The first kappa shape index (κ1) is 23.1. The van der Waals surface area contributed by atoms with Gasteiger partial charge in [0, 0.05) is 92.4 Å². The summed E-state index contributed by atoms with van der Waals surface area (Å²) in [5, 5.41) is 0. The molecular weight excluding hydrogens is 360 g/mol. The van der Waals surface area contributed by atoms with Gasteiger partial charge in [0.2, 0.25) is 0 Å². The Labute approximate surface area is 169 Å². The van der Waals surface area contributed by atoms with E-state index in [-0.39, 0.29) is 24.1 Å². The summed E-state index contributed by atoms with van der Waals surface area (Å²) in [6.45, 7) is 18.7. The van der Waals surface area contributed by atoms with Crippen LogP contribution < -0.4 is 0 Å². The summed E-state index contributed by atoms with van der Waals surface area (Å²) in [6, 6.07) is 0. The van der Waals surface area contributed by atoms with Crippen molar-refractivity contribution in [2.75, 3.05) is 78.5 Å². The van der Waals surface area contributed by atoms with Gasteiger partial charge in [0.05, 0.1) is 0 Å². The Bertz CT molecular complexity index is 445. The Morgan fingerprint density at radius 2 is 0.929 bits per heavy atom. The van der Waals surface area contributed by atoms with Crippen LogP contribution in [0.3, 0.4) is 0 Å². The lowest BCUT2D eigenvalue weighted by atomic mass is 10.3. The van der Waals surface area contributed by atoms with Crippen molar-refractivity contribution < 1.29 is 19.1 Å². The SMILES string of the molecule is CC(=O)OC(C)CN1CCN2CCN(CC1)CCN(CC(C)OC(C)=O)CC2. The molecule has 2 heterocycles. The fourth-order valence-electron chi connectivity index (χ4n) is 4.04. The van der Waals surface area contributed by atoms with E-state index >= 15 is 0 Å². The predicted octanol–water partition coefficient (Wildman–Crippen LogP) is 0.125. The van der Waals surface area contributed by atoms with Crippen molar-refractivity contribution in [3.63, 3.8) is 0 Å². The van der Waals surface area contributed by atoms with E-state index in [1.807, 2.05) is 13.8 Å². The molecule has 2 rings (SSSR count). The lowest BCUT2D eigenvalue weighted by Gasteiger charge is -2.31. The van der Waals surface area contributed by atoms with Gasteiger partial charge in [0.15, 0.2) is 0 Å². The van der Waals surface area contributed by atoms with Crippen LogP contribution in [-0.4, -0.2) is 122 Å². The Hall–Kier alpha value is -1.22. The van der Waals surface area contributed by atoms with Gasteiger partial charge in [-0.3, -0.25) is 29.2 Å². The number of hydrogen-bond donors (Lipinski definition) is 0. The third kappa shape index (κ3) is 8.86. The molecule has 2 saturated heterocycles. The second-order valence-corrected chi connectivity index (χ2v) is 8.12. The van der Waals surface area contributed by atoms with Gasteiger partial charge in [-0.25, -0.2) is 0 Å². The molecule has 0 aromatic rings. The fraction of sp³-hybridized carbons (Fsp3) is 0.900. The number of nitrogens with zero attached hydrogens (tertiary/aromatic N) is 4. The highest BCUT2D eigenvalue weighted by Gasteiger charge is 2.22. The third-order valence-electron chi connectivity index (χ3n) is 5.43. The standard InChI is InChI=1S/C20H38N4O4/c1-17(27-19(3)25)15-23-11-7-21-5-6-22(8-12-23)10-14-24(13-9-21)16-18(2)28-20(4)26/h17-18H,5-16H2,1-4H3. The zero-order valence-electron chi connectivity index (χ0n) is 18.1. The number of carbonyl (C=O) groups is 2. The van der Waals surface area contributed by atoms with Gasteiger partial charge < -0.3 is 9.47 Å². The zero-order valence-corrected chi connectivity index (χ0v) is 18.1. The van der Waals surface area contributed by atoms with E-state index in [0.717, 1.165) is 78.5 Å². The molecule has 8 nitrogen and oxygen atoms in total. The molecule has 0 radical (unpaired) electrons. The minimum absolute atomic E-state index is 0.0775.